The van der Waals surface area contributed by atoms with Crippen molar-refractivity contribution in [2.45, 2.75) is 19.4 Å². The van der Waals surface area contributed by atoms with Crippen LogP contribution in [0.2, 0.25) is 0 Å². The van der Waals surface area contributed by atoms with Crippen LogP contribution >= 0.6 is 0 Å². The molecule has 1 aliphatic heterocycles. The Morgan fingerprint density at radius 2 is 2.00 bits per heavy atom. The predicted octanol–water partition coefficient (Wildman–Crippen LogP) is 2.64. The first-order valence-corrected chi connectivity index (χ1v) is 9.65. The first kappa shape index (κ1) is 17.4. The van der Waals surface area contributed by atoms with Gasteiger partial charge in [-0.15, -0.1) is 0 Å². The average Bonchev–Trinajstić information content (AvgIpc) is 3.41. The Labute approximate surface area is 166 Å². The van der Waals surface area contributed by atoms with Gasteiger partial charge in [-0.2, -0.15) is 5.10 Å². The molecule has 1 aromatic carbocycles. The van der Waals surface area contributed by atoms with Crippen LogP contribution in [0, 0.1) is 0 Å². The molecular formula is C21H20N6O2. The number of likely N-dealkylation sites (tertiary alicyclic amines) is 1. The lowest BCUT2D eigenvalue weighted by atomic mass is 10.1. The quantitative estimate of drug-likeness (QED) is 0.560. The van der Waals surface area contributed by atoms with Crippen LogP contribution in [0.25, 0.3) is 21.8 Å². The molecular weight excluding hydrogens is 368 g/mol. The lowest BCUT2D eigenvalue weighted by Gasteiger charge is -2.17. The number of carbonyl (C=O) groups is 1. The Kier molecular flexibility index (Phi) is 4.23. The Hall–Kier alpha value is -3.68. The third kappa shape index (κ3) is 3.22. The molecule has 0 saturated carbocycles. The molecule has 0 radical (unpaired) electrons. The lowest BCUT2D eigenvalue weighted by Crippen LogP contribution is -2.34. The molecule has 29 heavy (non-hydrogen) atoms. The van der Waals surface area contributed by atoms with Crippen molar-refractivity contribution < 1.29 is 4.79 Å². The fraction of sp³-hybridized carbons (Fsp3) is 0.238. The summed E-state index contributed by atoms with van der Waals surface area (Å²) in [6.45, 7) is 1.61. The number of hydrogen-bond donors (Lipinski definition) is 2. The minimum atomic E-state index is -0.185. The zero-order chi connectivity index (χ0) is 19.8. The standard InChI is InChI=1S/C21H20N6O2/c28-18(26-7-1-2-8-26)13-27-9-6-14-4-3-5-17(19(14)21(27)29)24-16-10-15-11-23-25-20(15)22-12-16/h3-6,9-12,24H,1-2,7-8,13H2,(H,22,23,25). The summed E-state index contributed by atoms with van der Waals surface area (Å²) in [5.74, 6) is -0.0102. The molecule has 1 saturated heterocycles. The number of benzene rings is 1. The van der Waals surface area contributed by atoms with Crippen molar-refractivity contribution >= 4 is 39.1 Å². The van der Waals surface area contributed by atoms with E-state index in [0.717, 1.165) is 42.4 Å². The van der Waals surface area contributed by atoms with Gasteiger partial charge in [0.1, 0.15) is 6.54 Å². The number of amides is 1. The van der Waals surface area contributed by atoms with Crippen molar-refractivity contribution in [3.8, 4) is 0 Å². The highest BCUT2D eigenvalue weighted by atomic mass is 16.2. The molecule has 8 heteroatoms. The maximum Gasteiger partial charge on any atom is 0.261 e. The third-order valence-electron chi connectivity index (χ3n) is 5.34. The number of aromatic amines is 1. The summed E-state index contributed by atoms with van der Waals surface area (Å²) in [5.41, 5.74) is 1.96. The van der Waals surface area contributed by atoms with E-state index in [9.17, 15) is 9.59 Å². The van der Waals surface area contributed by atoms with E-state index in [2.05, 4.69) is 20.5 Å². The summed E-state index contributed by atoms with van der Waals surface area (Å²) >= 11 is 0. The number of fused-ring (bicyclic) bond motifs is 2. The normalized spacial score (nSPS) is 14.0. The molecule has 1 fully saturated rings. The molecule has 3 aromatic heterocycles. The van der Waals surface area contributed by atoms with Crippen LogP contribution in [0.3, 0.4) is 0 Å². The van der Waals surface area contributed by atoms with Crippen LogP contribution in [0.15, 0.2) is 53.7 Å². The zero-order valence-corrected chi connectivity index (χ0v) is 15.8. The number of nitrogens with one attached hydrogen (secondary N) is 2. The van der Waals surface area contributed by atoms with E-state index in [0.29, 0.717) is 16.7 Å². The number of nitrogens with zero attached hydrogens (tertiary/aromatic N) is 4. The van der Waals surface area contributed by atoms with E-state index in [-0.39, 0.29) is 18.0 Å². The fourth-order valence-electron chi connectivity index (χ4n) is 3.83. The Morgan fingerprint density at radius 1 is 1.14 bits per heavy atom. The van der Waals surface area contributed by atoms with Gasteiger partial charge in [-0.3, -0.25) is 14.7 Å². The second-order valence-electron chi connectivity index (χ2n) is 7.26. The molecule has 0 unspecified atom stereocenters. The molecule has 0 spiro atoms. The van der Waals surface area contributed by atoms with Crippen LogP contribution in [-0.4, -0.2) is 43.6 Å². The minimum Gasteiger partial charge on any atom is -0.354 e. The van der Waals surface area contributed by atoms with Crippen LogP contribution in [0.5, 0.6) is 0 Å². The number of anilines is 2. The Balaban J connectivity index is 1.51. The highest BCUT2D eigenvalue weighted by molar-refractivity contribution is 5.95. The Bertz CT molecular complexity index is 1270. The zero-order valence-electron chi connectivity index (χ0n) is 15.8. The molecule has 0 aliphatic carbocycles. The van der Waals surface area contributed by atoms with Crippen molar-refractivity contribution in [3.63, 3.8) is 0 Å². The van der Waals surface area contributed by atoms with Gasteiger partial charge in [0, 0.05) is 24.7 Å². The fourth-order valence-corrected chi connectivity index (χ4v) is 3.83. The van der Waals surface area contributed by atoms with Crippen LogP contribution < -0.4 is 10.9 Å². The molecule has 146 valence electrons. The number of aromatic nitrogens is 4. The Morgan fingerprint density at radius 3 is 2.86 bits per heavy atom. The van der Waals surface area contributed by atoms with Gasteiger partial charge < -0.3 is 14.8 Å². The molecule has 2 N–H and O–H groups in total. The molecule has 4 heterocycles. The molecule has 1 aliphatic rings. The predicted molar refractivity (Wildman–Crippen MR) is 111 cm³/mol. The van der Waals surface area contributed by atoms with Gasteiger partial charge in [0.2, 0.25) is 5.91 Å². The molecule has 1 amide bonds. The molecule has 0 atom stereocenters. The SMILES string of the molecule is O=C(Cn1ccc2cccc(Nc3cnc4[nH]ncc4c3)c2c1=O)N1CCCC1. The number of hydrogen-bond acceptors (Lipinski definition) is 5. The van der Waals surface area contributed by atoms with E-state index in [4.69, 9.17) is 0 Å². The van der Waals surface area contributed by atoms with Gasteiger partial charge in [0.25, 0.3) is 5.56 Å². The van der Waals surface area contributed by atoms with Crippen molar-refractivity contribution in [1.29, 1.82) is 0 Å². The van der Waals surface area contributed by atoms with E-state index in [1.807, 2.05) is 35.2 Å². The second kappa shape index (κ2) is 7.05. The maximum absolute atomic E-state index is 13.2. The monoisotopic (exact) mass is 388 g/mol. The second-order valence-corrected chi connectivity index (χ2v) is 7.26. The van der Waals surface area contributed by atoms with Crippen LogP contribution in [0.1, 0.15) is 12.8 Å². The molecule has 4 aromatic rings. The minimum absolute atomic E-state index is 0.0102. The van der Waals surface area contributed by atoms with Gasteiger partial charge >= 0.3 is 0 Å². The van der Waals surface area contributed by atoms with Crippen LogP contribution in [-0.2, 0) is 11.3 Å². The van der Waals surface area contributed by atoms with Crippen molar-refractivity contribution in [2.75, 3.05) is 18.4 Å². The van der Waals surface area contributed by atoms with E-state index < -0.39 is 0 Å². The maximum atomic E-state index is 13.2. The van der Waals surface area contributed by atoms with E-state index in [1.165, 1.54) is 4.57 Å². The lowest BCUT2D eigenvalue weighted by molar-refractivity contribution is -0.130. The molecule has 0 bridgehead atoms. The van der Waals surface area contributed by atoms with Crippen molar-refractivity contribution in [2.24, 2.45) is 0 Å². The number of H-pyrrole nitrogens is 1. The van der Waals surface area contributed by atoms with Gasteiger partial charge in [-0.1, -0.05) is 12.1 Å². The number of pyridine rings is 2. The summed E-state index contributed by atoms with van der Waals surface area (Å²) < 4.78 is 1.49. The number of carbonyl (C=O) groups excluding carboxylic acids is 1. The summed E-state index contributed by atoms with van der Waals surface area (Å²) in [7, 11) is 0. The van der Waals surface area contributed by atoms with Gasteiger partial charge in [0.05, 0.1) is 29.2 Å². The summed E-state index contributed by atoms with van der Waals surface area (Å²) in [5, 5.41) is 12.3. The third-order valence-corrected chi connectivity index (χ3v) is 5.34. The molecule has 8 nitrogen and oxygen atoms in total. The highest BCUT2D eigenvalue weighted by Crippen LogP contribution is 2.25. The topological polar surface area (TPSA) is 95.9 Å². The van der Waals surface area contributed by atoms with Gasteiger partial charge in [-0.05, 0) is 36.4 Å². The van der Waals surface area contributed by atoms with Gasteiger partial charge in [-0.25, -0.2) is 4.98 Å². The van der Waals surface area contributed by atoms with Gasteiger partial charge in [0.15, 0.2) is 5.65 Å². The average molecular weight is 388 g/mol. The summed E-state index contributed by atoms with van der Waals surface area (Å²) in [4.78, 5) is 31.8. The first-order valence-electron chi connectivity index (χ1n) is 9.65. The smallest absolute Gasteiger partial charge is 0.261 e. The number of rotatable bonds is 4. The van der Waals surface area contributed by atoms with E-state index >= 15 is 0 Å². The summed E-state index contributed by atoms with van der Waals surface area (Å²) in [6, 6.07) is 9.44. The van der Waals surface area contributed by atoms with Crippen molar-refractivity contribution in [3.05, 3.63) is 59.3 Å². The first-order chi connectivity index (χ1) is 14.2. The molecule has 5 rings (SSSR count). The highest BCUT2D eigenvalue weighted by Gasteiger charge is 2.19. The largest absolute Gasteiger partial charge is 0.354 e. The van der Waals surface area contributed by atoms with Crippen molar-refractivity contribution in [1.82, 2.24) is 24.6 Å². The van der Waals surface area contributed by atoms with Crippen LogP contribution in [0.4, 0.5) is 11.4 Å². The van der Waals surface area contributed by atoms with E-state index in [1.54, 1.807) is 18.6 Å². The summed E-state index contributed by atoms with van der Waals surface area (Å²) in [6.07, 6.45) is 7.15.